The van der Waals surface area contributed by atoms with E-state index in [1.54, 1.807) is 42.5 Å². The number of carbonyl (C=O) groups is 1. The van der Waals surface area contributed by atoms with Crippen LogP contribution in [0.3, 0.4) is 0 Å². The molecular formula is C24H21N5O2. The van der Waals surface area contributed by atoms with Gasteiger partial charge in [-0.05, 0) is 35.9 Å². The van der Waals surface area contributed by atoms with E-state index >= 15 is 0 Å². The molecular weight excluding hydrogens is 390 g/mol. The molecule has 0 bridgehead atoms. The van der Waals surface area contributed by atoms with E-state index in [0.717, 1.165) is 11.1 Å². The van der Waals surface area contributed by atoms with E-state index < -0.39 is 0 Å². The maximum absolute atomic E-state index is 12.6. The first kappa shape index (κ1) is 18.9. The number of carbonyl (C=O) groups excluding carboxylic acids is 1. The van der Waals surface area contributed by atoms with Crippen LogP contribution in [0.5, 0.6) is 0 Å². The number of benzene rings is 2. The van der Waals surface area contributed by atoms with E-state index in [1.165, 1.54) is 16.3 Å². The summed E-state index contributed by atoms with van der Waals surface area (Å²) in [5, 5.41) is 9.46. The van der Waals surface area contributed by atoms with Crippen LogP contribution in [0.2, 0.25) is 0 Å². The van der Waals surface area contributed by atoms with Crippen molar-refractivity contribution in [2.24, 2.45) is 19.1 Å². The third-order valence-electron chi connectivity index (χ3n) is 5.32. The zero-order valence-electron chi connectivity index (χ0n) is 17.2. The summed E-state index contributed by atoms with van der Waals surface area (Å²) in [5.41, 5.74) is 4.09. The molecule has 1 N–H and O–H groups in total. The minimum atomic E-state index is -0.298. The van der Waals surface area contributed by atoms with E-state index in [-0.39, 0.29) is 11.6 Å². The van der Waals surface area contributed by atoms with Crippen molar-refractivity contribution in [1.82, 2.24) is 19.7 Å². The van der Waals surface area contributed by atoms with Gasteiger partial charge in [0, 0.05) is 42.1 Å². The predicted molar refractivity (Wildman–Crippen MR) is 121 cm³/mol. The Balaban J connectivity index is 1.43. The number of nitrogens with one attached hydrogen (secondary N) is 1. The zero-order valence-corrected chi connectivity index (χ0v) is 17.2. The average molecular weight is 411 g/mol. The lowest BCUT2D eigenvalue weighted by atomic mass is 10.1. The van der Waals surface area contributed by atoms with Crippen molar-refractivity contribution in [3.63, 3.8) is 0 Å². The first-order valence-corrected chi connectivity index (χ1v) is 9.95. The molecule has 5 aromatic rings. The van der Waals surface area contributed by atoms with Gasteiger partial charge in [0.25, 0.3) is 5.91 Å². The van der Waals surface area contributed by atoms with Crippen molar-refractivity contribution in [3.8, 4) is 0 Å². The van der Waals surface area contributed by atoms with Crippen LogP contribution >= 0.6 is 0 Å². The molecule has 0 aliphatic rings. The molecule has 154 valence electrons. The lowest BCUT2D eigenvalue weighted by Crippen LogP contribution is -2.23. The number of furan rings is 1. The summed E-state index contributed by atoms with van der Waals surface area (Å²) in [5.74, 6) is 0.381. The molecule has 0 aliphatic heterocycles. The molecule has 5 rings (SSSR count). The van der Waals surface area contributed by atoms with Crippen LogP contribution in [0.1, 0.15) is 21.8 Å². The number of aryl methyl sites for hydroxylation is 2. The molecule has 0 atom stereocenters. The fraction of sp³-hybridized carbons (Fsp3) is 0.125. The van der Waals surface area contributed by atoms with Crippen LogP contribution in [0.15, 0.2) is 76.5 Å². The summed E-state index contributed by atoms with van der Waals surface area (Å²) in [4.78, 5) is 17.2. The van der Waals surface area contributed by atoms with Crippen LogP contribution < -0.4 is 5.32 Å². The molecule has 0 radical (unpaired) electrons. The molecule has 0 fully saturated rings. The number of hydrogen-bond donors (Lipinski definition) is 1. The van der Waals surface area contributed by atoms with Crippen molar-refractivity contribution in [1.29, 1.82) is 0 Å². The highest BCUT2D eigenvalue weighted by Crippen LogP contribution is 2.28. The van der Waals surface area contributed by atoms with Gasteiger partial charge >= 0.3 is 0 Å². The summed E-state index contributed by atoms with van der Waals surface area (Å²) in [6.45, 7) is 0.295. The Labute approximate surface area is 178 Å². The van der Waals surface area contributed by atoms with Crippen molar-refractivity contribution >= 4 is 39.6 Å². The molecule has 1 amide bonds. The molecule has 0 unspecified atom stereocenters. The summed E-state index contributed by atoms with van der Waals surface area (Å²) in [6, 6.07) is 18.2. The van der Waals surface area contributed by atoms with Crippen LogP contribution in [0, 0.1) is 0 Å². The topological polar surface area (TPSA) is 77.4 Å². The molecule has 0 saturated heterocycles. The van der Waals surface area contributed by atoms with Crippen LogP contribution in [-0.4, -0.2) is 26.5 Å². The van der Waals surface area contributed by atoms with Crippen LogP contribution in [0.4, 0.5) is 5.69 Å². The number of nitrogens with zero attached hydrogens (tertiary/aromatic N) is 4. The second kappa shape index (κ2) is 7.60. The van der Waals surface area contributed by atoms with E-state index in [1.807, 2.05) is 18.2 Å². The highest BCUT2D eigenvalue weighted by Gasteiger charge is 2.16. The molecule has 0 spiro atoms. The van der Waals surface area contributed by atoms with Crippen molar-refractivity contribution in [2.45, 2.75) is 6.54 Å². The van der Waals surface area contributed by atoms with Gasteiger partial charge in [-0.25, -0.2) is 0 Å². The lowest BCUT2D eigenvalue weighted by molar-refractivity contribution is 0.0943. The molecule has 7 heteroatoms. The molecule has 2 aromatic carbocycles. The van der Waals surface area contributed by atoms with Gasteiger partial charge in [-0.15, -0.1) is 0 Å². The van der Waals surface area contributed by atoms with Gasteiger partial charge in [-0.1, -0.05) is 24.3 Å². The maximum Gasteiger partial charge on any atom is 0.274 e. The van der Waals surface area contributed by atoms with Crippen molar-refractivity contribution in [2.75, 3.05) is 0 Å². The number of amides is 1. The number of fused-ring (bicyclic) bond motifs is 3. The normalized spacial score (nSPS) is 11.7. The predicted octanol–water partition coefficient (Wildman–Crippen LogP) is 4.34. The zero-order chi connectivity index (χ0) is 21.4. The third kappa shape index (κ3) is 3.50. The monoisotopic (exact) mass is 411 g/mol. The Morgan fingerprint density at radius 1 is 1.10 bits per heavy atom. The van der Waals surface area contributed by atoms with Gasteiger partial charge < -0.3 is 14.3 Å². The smallest absolute Gasteiger partial charge is 0.274 e. The molecule has 0 aliphatic carbocycles. The van der Waals surface area contributed by atoms with Gasteiger partial charge in [0.05, 0.1) is 19.0 Å². The number of rotatable bonds is 5. The van der Waals surface area contributed by atoms with E-state index in [9.17, 15) is 4.79 Å². The Morgan fingerprint density at radius 3 is 2.77 bits per heavy atom. The lowest BCUT2D eigenvalue weighted by Gasteiger charge is -2.01. The first-order chi connectivity index (χ1) is 15.1. The van der Waals surface area contributed by atoms with Gasteiger partial charge in [0.2, 0.25) is 0 Å². The number of aromatic nitrogens is 3. The first-order valence-electron chi connectivity index (χ1n) is 9.95. The van der Waals surface area contributed by atoms with Gasteiger partial charge in [0.1, 0.15) is 11.4 Å². The second-order valence-corrected chi connectivity index (χ2v) is 7.41. The Hall–Kier alpha value is -4.13. The number of aliphatic imine (C=N–C) groups is 1. The fourth-order valence-corrected chi connectivity index (χ4v) is 3.81. The maximum atomic E-state index is 12.6. The standard InChI is InChI=1S/C24H21N5O2/c1-28-15-20(23(27-28)24(30)26-14-17-6-5-11-31-17)25-13-16-9-10-22-19(12-16)18-7-3-4-8-21(18)29(22)2/h3-13,15H,14H2,1-2H3,(H,26,30). The summed E-state index contributed by atoms with van der Waals surface area (Å²) in [7, 11) is 3.84. The minimum Gasteiger partial charge on any atom is -0.467 e. The highest BCUT2D eigenvalue weighted by molar-refractivity contribution is 6.09. The average Bonchev–Trinajstić information content (AvgIpc) is 3.50. The van der Waals surface area contributed by atoms with Crippen LogP contribution in [-0.2, 0) is 20.6 Å². The Bertz CT molecular complexity index is 1420. The number of para-hydroxylation sites is 1. The number of hydrogen-bond acceptors (Lipinski definition) is 4. The van der Waals surface area contributed by atoms with E-state index in [0.29, 0.717) is 18.0 Å². The molecule has 7 nitrogen and oxygen atoms in total. The fourth-order valence-electron chi connectivity index (χ4n) is 3.81. The SMILES string of the molecule is Cn1cc(N=Cc2ccc3c(c2)c2ccccc2n3C)c(C(=O)NCc2ccco2)n1. The molecule has 0 saturated carbocycles. The van der Waals surface area contributed by atoms with Gasteiger partial charge in [0.15, 0.2) is 5.69 Å². The summed E-state index contributed by atoms with van der Waals surface area (Å²) in [6.07, 6.45) is 5.07. The second-order valence-electron chi connectivity index (χ2n) is 7.41. The van der Waals surface area contributed by atoms with Crippen molar-refractivity contribution in [3.05, 3.63) is 84.1 Å². The highest BCUT2D eigenvalue weighted by atomic mass is 16.3. The van der Waals surface area contributed by atoms with Crippen molar-refractivity contribution < 1.29 is 9.21 Å². The molecule has 3 heterocycles. The largest absolute Gasteiger partial charge is 0.467 e. The van der Waals surface area contributed by atoms with E-state index in [2.05, 4.69) is 51.3 Å². The Morgan fingerprint density at radius 2 is 1.94 bits per heavy atom. The Kier molecular flexibility index (Phi) is 4.63. The third-order valence-corrected chi connectivity index (χ3v) is 5.32. The quantitative estimate of drug-likeness (QED) is 0.437. The summed E-state index contributed by atoms with van der Waals surface area (Å²) >= 11 is 0. The summed E-state index contributed by atoms with van der Waals surface area (Å²) < 4.78 is 9.03. The minimum absolute atomic E-state index is 0.275. The van der Waals surface area contributed by atoms with Crippen LogP contribution in [0.25, 0.3) is 21.8 Å². The van der Waals surface area contributed by atoms with Gasteiger partial charge in [-0.3, -0.25) is 14.5 Å². The molecule has 3 aromatic heterocycles. The molecule has 31 heavy (non-hydrogen) atoms. The van der Waals surface area contributed by atoms with Gasteiger partial charge in [-0.2, -0.15) is 5.10 Å². The van der Waals surface area contributed by atoms with E-state index in [4.69, 9.17) is 4.42 Å².